The number of fused-ring (bicyclic) bond motifs is 4. The Kier molecular flexibility index (Phi) is 11.0. The zero-order chi connectivity index (χ0) is 31.5. The SMILES string of the molecule is CCC(CC)C(=O)/C=C(\O)C(CC)CC.[Ir].[c-]1ccc2[se]c3cccc4c3c2c1c1ncc2ccccc2c1n4-c1ccccc1. The van der Waals surface area contributed by atoms with E-state index in [2.05, 4.69) is 95.6 Å². The average Bonchev–Trinajstić information content (AvgIpc) is 3.40. The Bertz CT molecular complexity index is 2150. The van der Waals surface area contributed by atoms with Crippen molar-refractivity contribution in [1.82, 2.24) is 9.55 Å². The number of hydrogen-bond donors (Lipinski definition) is 1. The van der Waals surface area contributed by atoms with Gasteiger partial charge >= 0.3 is 179 Å². The molecule has 0 amide bonds. The van der Waals surface area contributed by atoms with Crippen LogP contribution in [-0.4, -0.2) is 34.9 Å². The molecule has 237 valence electrons. The number of aromatic nitrogens is 2. The second-order valence-electron chi connectivity index (χ2n) is 11.6. The summed E-state index contributed by atoms with van der Waals surface area (Å²) in [6.45, 7) is 8.07. The van der Waals surface area contributed by atoms with Crippen molar-refractivity contribution < 1.29 is 30.0 Å². The number of hydrogen-bond acceptors (Lipinski definition) is 3. The minimum absolute atomic E-state index is 0. The minimum atomic E-state index is 0. The Labute approximate surface area is 290 Å². The molecule has 0 saturated heterocycles. The topological polar surface area (TPSA) is 55.1 Å². The fourth-order valence-electron chi connectivity index (χ4n) is 6.46. The molecule has 0 fully saturated rings. The van der Waals surface area contributed by atoms with Crippen LogP contribution in [0.5, 0.6) is 0 Å². The van der Waals surface area contributed by atoms with E-state index in [4.69, 9.17) is 4.98 Å². The van der Waals surface area contributed by atoms with Crippen LogP contribution < -0.4 is 0 Å². The van der Waals surface area contributed by atoms with Crippen LogP contribution in [-0.2, 0) is 24.9 Å². The van der Waals surface area contributed by atoms with E-state index in [1.807, 2.05) is 33.9 Å². The molecule has 4 nitrogen and oxygen atoms in total. The molecule has 6 heteroatoms. The van der Waals surface area contributed by atoms with Gasteiger partial charge in [0.25, 0.3) is 0 Å². The summed E-state index contributed by atoms with van der Waals surface area (Å²) in [7, 11) is 0. The number of pyridine rings is 1. The zero-order valence-corrected chi connectivity index (χ0v) is 30.8. The monoisotopic (exact) mass is 852 g/mol. The van der Waals surface area contributed by atoms with Gasteiger partial charge in [-0.3, -0.25) is 4.79 Å². The van der Waals surface area contributed by atoms with Gasteiger partial charge in [-0.2, -0.15) is 0 Å². The Balaban J connectivity index is 0.000000225. The van der Waals surface area contributed by atoms with Gasteiger partial charge in [0, 0.05) is 38.0 Å². The number of ketones is 1. The summed E-state index contributed by atoms with van der Waals surface area (Å²) >= 11 is 0.307. The third-order valence-corrected chi connectivity index (χ3v) is 11.4. The number of benzene rings is 4. The number of carbonyl (C=O) groups excluding carboxylic acids is 1. The van der Waals surface area contributed by atoms with E-state index in [9.17, 15) is 9.90 Å². The molecule has 0 bridgehead atoms. The van der Waals surface area contributed by atoms with Crippen molar-refractivity contribution in [1.29, 1.82) is 0 Å². The second kappa shape index (κ2) is 14.9. The van der Waals surface area contributed by atoms with E-state index in [1.165, 1.54) is 36.3 Å². The van der Waals surface area contributed by atoms with Gasteiger partial charge in [0.05, 0.1) is 5.76 Å². The summed E-state index contributed by atoms with van der Waals surface area (Å²) in [5.41, 5.74) is 4.53. The number of aliphatic hydroxyl groups excluding tert-OH is 1. The molecule has 0 aliphatic rings. The molecule has 1 N–H and O–H groups in total. The van der Waals surface area contributed by atoms with Gasteiger partial charge in [0.2, 0.25) is 0 Å². The molecule has 0 unspecified atom stereocenters. The molecular formula is C40H39IrN2O2Se-. The van der Waals surface area contributed by atoms with Gasteiger partial charge in [0.1, 0.15) is 0 Å². The summed E-state index contributed by atoms with van der Waals surface area (Å²) in [4.78, 5) is 16.7. The molecule has 3 aromatic heterocycles. The van der Waals surface area contributed by atoms with Crippen LogP contribution >= 0.6 is 0 Å². The second-order valence-corrected chi connectivity index (χ2v) is 13.8. The van der Waals surface area contributed by atoms with Crippen LogP contribution in [0.15, 0.2) is 103 Å². The summed E-state index contributed by atoms with van der Waals surface area (Å²) < 4.78 is 5.27. The van der Waals surface area contributed by atoms with E-state index < -0.39 is 0 Å². The predicted molar refractivity (Wildman–Crippen MR) is 191 cm³/mol. The molecule has 7 rings (SSSR count). The van der Waals surface area contributed by atoms with Crippen LogP contribution in [0.25, 0.3) is 57.7 Å². The first-order valence-corrected chi connectivity index (χ1v) is 17.7. The van der Waals surface area contributed by atoms with Crippen LogP contribution in [0, 0.1) is 17.9 Å². The fraction of sp³-hybridized carbons (Fsp3) is 0.250. The molecule has 0 saturated carbocycles. The molecule has 0 aliphatic heterocycles. The third kappa shape index (κ3) is 6.25. The predicted octanol–water partition coefficient (Wildman–Crippen LogP) is 10.4. The van der Waals surface area contributed by atoms with Gasteiger partial charge in [-0.25, -0.2) is 0 Å². The Morgan fingerprint density at radius 1 is 0.848 bits per heavy atom. The van der Waals surface area contributed by atoms with Crippen molar-refractivity contribution in [2.24, 2.45) is 11.8 Å². The van der Waals surface area contributed by atoms with Crippen LogP contribution in [0.1, 0.15) is 53.4 Å². The van der Waals surface area contributed by atoms with Crippen LogP contribution in [0.3, 0.4) is 0 Å². The third-order valence-electron chi connectivity index (χ3n) is 9.00. The quantitative estimate of drug-likeness (QED) is 0.0717. The number of allylic oxidation sites excluding steroid dienone is 2. The zero-order valence-electron chi connectivity index (χ0n) is 26.7. The molecule has 0 atom stereocenters. The summed E-state index contributed by atoms with van der Waals surface area (Å²) in [5.74, 6) is 0.547. The van der Waals surface area contributed by atoms with Crippen LogP contribution in [0.2, 0.25) is 0 Å². The molecule has 0 aliphatic carbocycles. The maximum absolute atomic E-state index is 11.7. The van der Waals surface area contributed by atoms with E-state index >= 15 is 0 Å². The normalized spacial score (nSPS) is 11.9. The Hall–Kier alpha value is -3.53. The summed E-state index contributed by atoms with van der Waals surface area (Å²) in [6.07, 6.45) is 6.91. The molecule has 0 spiro atoms. The van der Waals surface area contributed by atoms with E-state index in [0.29, 0.717) is 14.5 Å². The molecule has 7 aromatic rings. The van der Waals surface area contributed by atoms with Gasteiger partial charge in [-0.05, 0) is 25.7 Å². The molecule has 46 heavy (non-hydrogen) atoms. The molecule has 3 heterocycles. The van der Waals surface area contributed by atoms with E-state index in [1.54, 1.807) is 0 Å². The molecular weight excluding hydrogens is 812 g/mol. The van der Waals surface area contributed by atoms with Gasteiger partial charge in [-0.15, -0.1) is 0 Å². The first-order valence-electron chi connectivity index (χ1n) is 16.0. The number of rotatable bonds is 8. The van der Waals surface area contributed by atoms with Crippen molar-refractivity contribution in [2.75, 3.05) is 0 Å². The first-order chi connectivity index (χ1) is 22.0. The van der Waals surface area contributed by atoms with Crippen molar-refractivity contribution in [2.45, 2.75) is 53.4 Å². The molecule has 1 radical (unpaired) electrons. The Morgan fingerprint density at radius 2 is 1.52 bits per heavy atom. The fourth-order valence-corrected chi connectivity index (χ4v) is 8.84. The standard InChI is InChI=1S/C27H15N2Se.C13H24O2.Ir/c1-2-9-18(10-3-1)29-21-13-7-15-23-25(21)24-20(12-6-14-22(24)30-23)26-27(29)19-11-5-4-8-17(19)16-28-26;1-5-10(6-2)12(14)9-13(15)11(7-3)8-4;/h1-11,13-16H;9-11,14H,5-8H2,1-4H3;/q-1;;/b;12-9-;. The van der Waals surface area contributed by atoms with Gasteiger partial charge in [0.15, 0.2) is 5.78 Å². The Morgan fingerprint density at radius 3 is 2.24 bits per heavy atom. The number of carbonyl (C=O) groups is 1. The molecule has 4 aromatic carbocycles. The number of aliphatic hydroxyl groups is 1. The summed E-state index contributed by atoms with van der Waals surface area (Å²) in [5, 5.41) is 15.9. The summed E-state index contributed by atoms with van der Waals surface area (Å²) in [6, 6.07) is 33.8. The number of nitrogens with zero attached hydrogens (tertiary/aromatic N) is 2. The first kappa shape index (κ1) is 33.8. The van der Waals surface area contributed by atoms with E-state index in [-0.39, 0.29) is 43.5 Å². The van der Waals surface area contributed by atoms with Crippen molar-refractivity contribution in [3.05, 3.63) is 109 Å². The van der Waals surface area contributed by atoms with Crippen LogP contribution in [0.4, 0.5) is 0 Å². The van der Waals surface area contributed by atoms with Crippen molar-refractivity contribution in [3.8, 4) is 5.69 Å². The van der Waals surface area contributed by atoms with Gasteiger partial charge in [-0.1, -0.05) is 27.7 Å². The van der Waals surface area contributed by atoms with E-state index in [0.717, 1.165) is 53.2 Å². The number of para-hydroxylation sites is 1. The van der Waals surface area contributed by atoms with Crippen molar-refractivity contribution in [3.63, 3.8) is 0 Å². The van der Waals surface area contributed by atoms with Gasteiger partial charge < -0.3 is 5.11 Å². The average molecular weight is 851 g/mol. The van der Waals surface area contributed by atoms with Crippen molar-refractivity contribution >= 4 is 72.3 Å². The maximum atomic E-state index is 11.7.